The van der Waals surface area contributed by atoms with Gasteiger partial charge >= 0.3 is 11.7 Å². The van der Waals surface area contributed by atoms with Crippen LogP contribution in [0.25, 0.3) is 0 Å². The average molecular weight is 234 g/mol. The smallest absolute Gasteiger partial charge is 0.339 e. The van der Waals surface area contributed by atoms with Crippen molar-refractivity contribution in [1.82, 2.24) is 19.1 Å². The zero-order chi connectivity index (χ0) is 12.4. The van der Waals surface area contributed by atoms with Crippen LogP contribution in [0, 0.1) is 0 Å². The topological polar surface area (TPSA) is 90.0 Å². The fraction of sp³-hybridized carbons (Fsp3) is 0.200. The summed E-state index contributed by atoms with van der Waals surface area (Å²) >= 11 is 0. The molecule has 0 amide bonds. The number of rotatable bonds is 3. The molecule has 0 spiro atoms. The second-order valence-corrected chi connectivity index (χ2v) is 3.51. The highest BCUT2D eigenvalue weighted by Gasteiger charge is 2.12. The number of aromatic carboxylic acids is 1. The van der Waals surface area contributed by atoms with Gasteiger partial charge in [-0.2, -0.15) is 0 Å². The van der Waals surface area contributed by atoms with E-state index in [2.05, 4.69) is 9.97 Å². The van der Waals surface area contributed by atoms with Gasteiger partial charge in [0.15, 0.2) is 0 Å². The molecule has 0 aliphatic rings. The first-order chi connectivity index (χ1) is 8.09. The molecule has 7 nitrogen and oxygen atoms in total. The van der Waals surface area contributed by atoms with E-state index in [1.165, 1.54) is 21.7 Å². The molecule has 2 aromatic rings. The van der Waals surface area contributed by atoms with Crippen molar-refractivity contribution in [2.45, 2.75) is 6.54 Å². The molecule has 7 heteroatoms. The third kappa shape index (κ3) is 2.07. The van der Waals surface area contributed by atoms with Gasteiger partial charge in [-0.3, -0.25) is 4.57 Å². The standard InChI is InChI=1S/C10H10N4O3/c1-13-2-3-14(10(13)17)5-8-7(9(15)16)4-11-6-12-8/h2-4,6H,5H2,1H3,(H,15,16). The molecule has 0 saturated carbocycles. The Hall–Kier alpha value is -2.44. The Morgan fingerprint density at radius 1 is 1.47 bits per heavy atom. The molecule has 2 heterocycles. The number of imidazole rings is 1. The minimum atomic E-state index is -1.11. The Morgan fingerprint density at radius 3 is 2.82 bits per heavy atom. The third-order valence-corrected chi connectivity index (χ3v) is 2.36. The van der Waals surface area contributed by atoms with Gasteiger partial charge in [-0.15, -0.1) is 0 Å². The number of hydrogen-bond acceptors (Lipinski definition) is 4. The van der Waals surface area contributed by atoms with Crippen molar-refractivity contribution in [3.8, 4) is 0 Å². The lowest BCUT2D eigenvalue weighted by Crippen LogP contribution is -2.23. The number of aryl methyl sites for hydroxylation is 1. The molecule has 0 aromatic carbocycles. The van der Waals surface area contributed by atoms with E-state index in [1.54, 1.807) is 19.4 Å². The van der Waals surface area contributed by atoms with Crippen molar-refractivity contribution in [2.24, 2.45) is 7.05 Å². The summed E-state index contributed by atoms with van der Waals surface area (Å²) in [6.45, 7) is 0.115. The molecule has 0 radical (unpaired) electrons. The second kappa shape index (κ2) is 4.20. The van der Waals surface area contributed by atoms with Crippen LogP contribution in [0.1, 0.15) is 16.1 Å². The maximum Gasteiger partial charge on any atom is 0.339 e. The maximum atomic E-state index is 11.6. The van der Waals surface area contributed by atoms with E-state index in [-0.39, 0.29) is 17.8 Å². The fourth-order valence-electron chi connectivity index (χ4n) is 1.45. The first kappa shape index (κ1) is 11.1. The highest BCUT2D eigenvalue weighted by atomic mass is 16.4. The average Bonchev–Trinajstić information content (AvgIpc) is 2.61. The van der Waals surface area contributed by atoms with Crippen molar-refractivity contribution in [2.75, 3.05) is 0 Å². The zero-order valence-corrected chi connectivity index (χ0v) is 9.07. The Morgan fingerprint density at radius 2 is 2.24 bits per heavy atom. The molecule has 2 rings (SSSR count). The molecule has 88 valence electrons. The minimum absolute atomic E-state index is 0.00301. The number of carboxylic acids is 1. The maximum absolute atomic E-state index is 11.6. The number of carboxylic acid groups (broad SMARTS) is 1. The lowest BCUT2D eigenvalue weighted by atomic mass is 10.2. The van der Waals surface area contributed by atoms with E-state index in [9.17, 15) is 9.59 Å². The Labute approximate surface area is 96.0 Å². The SMILES string of the molecule is Cn1ccn(Cc2ncncc2C(=O)O)c1=O. The van der Waals surface area contributed by atoms with E-state index in [4.69, 9.17) is 5.11 Å². The van der Waals surface area contributed by atoms with Crippen LogP contribution >= 0.6 is 0 Å². The molecular formula is C10H10N4O3. The number of hydrogen-bond donors (Lipinski definition) is 1. The highest BCUT2D eigenvalue weighted by molar-refractivity contribution is 5.88. The van der Waals surface area contributed by atoms with E-state index < -0.39 is 5.97 Å². The monoisotopic (exact) mass is 234 g/mol. The quantitative estimate of drug-likeness (QED) is 0.789. The zero-order valence-electron chi connectivity index (χ0n) is 9.07. The molecule has 0 fully saturated rings. The van der Waals surface area contributed by atoms with Crippen LogP contribution in [-0.4, -0.2) is 30.2 Å². The van der Waals surface area contributed by atoms with Gasteiger partial charge in [0, 0.05) is 25.6 Å². The lowest BCUT2D eigenvalue weighted by Gasteiger charge is -2.03. The summed E-state index contributed by atoms with van der Waals surface area (Å²) in [6.07, 6.45) is 5.66. The van der Waals surface area contributed by atoms with Crippen LogP contribution in [0.4, 0.5) is 0 Å². The molecule has 0 bridgehead atoms. The minimum Gasteiger partial charge on any atom is -0.478 e. The summed E-state index contributed by atoms with van der Waals surface area (Å²) in [5.74, 6) is -1.11. The van der Waals surface area contributed by atoms with Crippen molar-refractivity contribution in [3.63, 3.8) is 0 Å². The summed E-state index contributed by atoms with van der Waals surface area (Å²) in [6, 6.07) is 0. The summed E-state index contributed by atoms with van der Waals surface area (Å²) in [5, 5.41) is 8.95. The molecule has 1 N–H and O–H groups in total. The number of carbonyl (C=O) groups is 1. The Balaban J connectivity index is 2.40. The molecule has 17 heavy (non-hydrogen) atoms. The van der Waals surface area contributed by atoms with Gasteiger partial charge < -0.3 is 9.67 Å². The molecular weight excluding hydrogens is 224 g/mol. The summed E-state index contributed by atoms with van der Waals surface area (Å²) in [7, 11) is 1.62. The predicted octanol–water partition coefficient (Wildman–Crippen LogP) is -0.277. The molecule has 0 aliphatic carbocycles. The first-order valence-electron chi connectivity index (χ1n) is 4.83. The summed E-state index contributed by atoms with van der Waals surface area (Å²) in [5.41, 5.74) is 0.0870. The van der Waals surface area contributed by atoms with E-state index >= 15 is 0 Å². The predicted molar refractivity (Wildman–Crippen MR) is 57.8 cm³/mol. The van der Waals surface area contributed by atoms with Crippen LogP contribution in [0.2, 0.25) is 0 Å². The third-order valence-electron chi connectivity index (χ3n) is 2.36. The van der Waals surface area contributed by atoms with E-state index in [0.717, 1.165) is 0 Å². The van der Waals surface area contributed by atoms with Gasteiger partial charge in [-0.25, -0.2) is 19.6 Å². The van der Waals surface area contributed by atoms with Crippen molar-refractivity contribution in [3.05, 3.63) is 46.7 Å². The van der Waals surface area contributed by atoms with Gasteiger partial charge in [-0.1, -0.05) is 0 Å². The van der Waals surface area contributed by atoms with Crippen LogP contribution < -0.4 is 5.69 Å². The molecule has 0 unspecified atom stereocenters. The van der Waals surface area contributed by atoms with Crippen LogP contribution in [0.3, 0.4) is 0 Å². The Kier molecular flexibility index (Phi) is 2.73. The normalized spacial score (nSPS) is 10.4. The lowest BCUT2D eigenvalue weighted by molar-refractivity contribution is 0.0694. The van der Waals surface area contributed by atoms with Gasteiger partial charge in [-0.05, 0) is 0 Å². The largest absolute Gasteiger partial charge is 0.478 e. The number of aromatic nitrogens is 4. The van der Waals surface area contributed by atoms with Crippen molar-refractivity contribution < 1.29 is 9.90 Å². The molecule has 0 saturated heterocycles. The Bertz CT molecular complexity index is 614. The van der Waals surface area contributed by atoms with E-state index in [1.807, 2.05) is 0 Å². The van der Waals surface area contributed by atoms with Gasteiger partial charge in [0.25, 0.3) is 0 Å². The van der Waals surface area contributed by atoms with Crippen LogP contribution in [-0.2, 0) is 13.6 Å². The number of nitrogens with zero attached hydrogens (tertiary/aromatic N) is 4. The van der Waals surface area contributed by atoms with Crippen molar-refractivity contribution >= 4 is 5.97 Å². The highest BCUT2D eigenvalue weighted by Crippen LogP contribution is 2.04. The molecule has 0 atom stereocenters. The molecule has 0 aliphatic heterocycles. The van der Waals surface area contributed by atoms with Crippen LogP contribution in [0.5, 0.6) is 0 Å². The summed E-state index contributed by atoms with van der Waals surface area (Å²) < 4.78 is 2.79. The van der Waals surface area contributed by atoms with E-state index in [0.29, 0.717) is 5.69 Å². The van der Waals surface area contributed by atoms with Gasteiger partial charge in [0.2, 0.25) is 0 Å². The second-order valence-electron chi connectivity index (χ2n) is 3.51. The van der Waals surface area contributed by atoms with Crippen molar-refractivity contribution in [1.29, 1.82) is 0 Å². The first-order valence-corrected chi connectivity index (χ1v) is 4.83. The molecule has 2 aromatic heterocycles. The van der Waals surface area contributed by atoms with Crippen LogP contribution in [0.15, 0.2) is 29.7 Å². The van der Waals surface area contributed by atoms with Gasteiger partial charge in [0.05, 0.1) is 12.2 Å². The summed E-state index contributed by atoms with van der Waals surface area (Å²) in [4.78, 5) is 30.1. The van der Waals surface area contributed by atoms with Gasteiger partial charge in [0.1, 0.15) is 11.9 Å². The fourth-order valence-corrected chi connectivity index (χ4v) is 1.45.